The highest BCUT2D eigenvalue weighted by atomic mass is 19.1. The summed E-state index contributed by atoms with van der Waals surface area (Å²) in [7, 11) is 0. The lowest BCUT2D eigenvalue weighted by atomic mass is 9.91. The van der Waals surface area contributed by atoms with E-state index in [1.165, 1.54) is 12.1 Å². The molecule has 0 aromatic heterocycles. The molecule has 1 aliphatic rings. The minimum absolute atomic E-state index is 0.181. The summed E-state index contributed by atoms with van der Waals surface area (Å²) in [6.45, 7) is 0.791. The number of nitrogens with zero attached hydrogens (tertiary/aromatic N) is 1. The lowest BCUT2D eigenvalue weighted by molar-refractivity contribution is -0.143. The lowest BCUT2D eigenvalue weighted by Gasteiger charge is -2.37. The summed E-state index contributed by atoms with van der Waals surface area (Å²) in [5.41, 5.74) is 0.474. The first-order valence-electron chi connectivity index (χ1n) is 8.13. The number of hydrogen-bond donors (Lipinski definition) is 1. The fourth-order valence-corrected chi connectivity index (χ4v) is 3.39. The summed E-state index contributed by atoms with van der Waals surface area (Å²) in [4.78, 5) is 13.0. The molecule has 0 spiro atoms. The summed E-state index contributed by atoms with van der Waals surface area (Å²) < 4.78 is 42.1. The maximum atomic E-state index is 14.4. The van der Waals surface area contributed by atoms with Gasteiger partial charge in [0.1, 0.15) is 17.5 Å². The highest BCUT2D eigenvalue weighted by Gasteiger charge is 2.32. The van der Waals surface area contributed by atoms with Crippen LogP contribution < -0.4 is 0 Å². The zero-order chi connectivity index (χ0) is 18.0. The number of aliphatic carboxylic acids is 1. The van der Waals surface area contributed by atoms with E-state index >= 15 is 0 Å². The van der Waals surface area contributed by atoms with Gasteiger partial charge in [0, 0.05) is 17.2 Å². The Bertz CT molecular complexity index is 773. The molecular weight excluding hydrogens is 331 g/mol. The second kappa shape index (κ2) is 7.27. The van der Waals surface area contributed by atoms with Gasteiger partial charge in [0.25, 0.3) is 0 Å². The minimum atomic E-state index is -0.852. The second-order valence-electron chi connectivity index (χ2n) is 6.24. The van der Waals surface area contributed by atoms with E-state index in [1.54, 1.807) is 18.2 Å². The predicted molar refractivity (Wildman–Crippen MR) is 86.5 cm³/mol. The normalized spacial score (nSPS) is 17.4. The number of piperidine rings is 1. The van der Waals surface area contributed by atoms with E-state index < -0.39 is 35.4 Å². The molecule has 0 saturated carbocycles. The van der Waals surface area contributed by atoms with Gasteiger partial charge in [-0.15, -0.1) is 0 Å². The van der Waals surface area contributed by atoms with Gasteiger partial charge in [-0.05, 0) is 38.1 Å². The van der Waals surface area contributed by atoms with Gasteiger partial charge in [0.2, 0.25) is 0 Å². The van der Waals surface area contributed by atoms with Gasteiger partial charge in [-0.1, -0.05) is 24.3 Å². The molecule has 1 N–H and O–H groups in total. The Kier molecular flexibility index (Phi) is 5.08. The smallest absolute Gasteiger partial charge is 0.306 e. The maximum absolute atomic E-state index is 14.4. The van der Waals surface area contributed by atoms with Gasteiger partial charge < -0.3 is 5.11 Å². The van der Waals surface area contributed by atoms with Gasteiger partial charge in [0.15, 0.2) is 0 Å². The molecule has 0 amide bonds. The molecule has 0 aliphatic carbocycles. The molecule has 6 heteroatoms. The Hall–Kier alpha value is -2.34. The Labute approximate surface area is 143 Å². The zero-order valence-corrected chi connectivity index (χ0v) is 13.5. The number of halogens is 3. The highest BCUT2D eigenvalue weighted by Crippen LogP contribution is 2.35. The molecule has 0 bridgehead atoms. The van der Waals surface area contributed by atoms with Crippen LogP contribution in [0.2, 0.25) is 0 Å². The van der Waals surface area contributed by atoms with Gasteiger partial charge in [0.05, 0.1) is 12.0 Å². The van der Waals surface area contributed by atoms with Crippen LogP contribution in [0, 0.1) is 23.4 Å². The molecule has 2 aromatic carbocycles. The van der Waals surface area contributed by atoms with Crippen LogP contribution in [0.5, 0.6) is 0 Å². The van der Waals surface area contributed by atoms with Crippen LogP contribution in [0.15, 0.2) is 42.5 Å². The average molecular weight is 349 g/mol. The Morgan fingerprint density at radius 1 is 1.00 bits per heavy atom. The molecule has 1 saturated heterocycles. The summed E-state index contributed by atoms with van der Waals surface area (Å²) in [5.74, 6) is -3.21. The topological polar surface area (TPSA) is 40.5 Å². The number of likely N-dealkylation sites (tertiary alicyclic amines) is 1. The van der Waals surface area contributed by atoms with Crippen LogP contribution in [0.4, 0.5) is 13.2 Å². The Morgan fingerprint density at radius 3 is 2.24 bits per heavy atom. The summed E-state index contributed by atoms with van der Waals surface area (Å²) in [6, 6.07) is 8.62. The van der Waals surface area contributed by atoms with Crippen LogP contribution in [-0.2, 0) is 4.79 Å². The minimum Gasteiger partial charge on any atom is -0.481 e. The van der Waals surface area contributed by atoms with Crippen molar-refractivity contribution >= 4 is 5.97 Å². The van der Waals surface area contributed by atoms with Gasteiger partial charge in [-0.25, -0.2) is 13.2 Å². The third-order valence-electron chi connectivity index (χ3n) is 4.70. The van der Waals surface area contributed by atoms with E-state index in [2.05, 4.69) is 0 Å². The first-order chi connectivity index (χ1) is 12.0. The number of hydrogen-bond acceptors (Lipinski definition) is 2. The van der Waals surface area contributed by atoms with Crippen LogP contribution in [0.1, 0.15) is 30.0 Å². The number of carboxylic acids is 1. The first-order valence-corrected chi connectivity index (χ1v) is 8.13. The van der Waals surface area contributed by atoms with Crippen LogP contribution in [0.25, 0.3) is 0 Å². The maximum Gasteiger partial charge on any atom is 0.306 e. The van der Waals surface area contributed by atoms with Gasteiger partial charge in [-0.2, -0.15) is 0 Å². The van der Waals surface area contributed by atoms with Gasteiger partial charge >= 0.3 is 5.97 Å². The second-order valence-corrected chi connectivity index (χ2v) is 6.24. The summed E-state index contributed by atoms with van der Waals surface area (Å²) in [5, 5.41) is 9.14. The molecular formula is C19H18F3NO2. The van der Waals surface area contributed by atoms with Crippen LogP contribution >= 0.6 is 0 Å². The number of carboxylic acid groups (broad SMARTS) is 1. The fraction of sp³-hybridized carbons (Fsp3) is 0.316. The molecule has 1 unspecified atom stereocenters. The van der Waals surface area contributed by atoms with Crippen LogP contribution in [-0.4, -0.2) is 29.1 Å². The van der Waals surface area contributed by atoms with Crippen molar-refractivity contribution in [3.63, 3.8) is 0 Å². The molecule has 1 aliphatic heterocycles. The largest absolute Gasteiger partial charge is 0.481 e. The van der Waals surface area contributed by atoms with Crippen molar-refractivity contribution in [2.75, 3.05) is 13.1 Å². The fourth-order valence-electron chi connectivity index (χ4n) is 3.39. The Morgan fingerprint density at radius 2 is 1.64 bits per heavy atom. The zero-order valence-electron chi connectivity index (χ0n) is 13.5. The van der Waals surface area contributed by atoms with E-state index in [0.29, 0.717) is 31.5 Å². The Balaban J connectivity index is 1.99. The first kappa shape index (κ1) is 17.5. The van der Waals surface area contributed by atoms with Crippen molar-refractivity contribution in [2.24, 2.45) is 5.92 Å². The monoisotopic (exact) mass is 349 g/mol. The van der Waals surface area contributed by atoms with E-state index in [9.17, 15) is 18.0 Å². The standard InChI is InChI=1S/C19H18F3NO2/c20-13-5-6-15(17(22)11-13)18(14-3-1-2-4-16(14)21)23-9-7-12(8-10-23)19(24)25/h1-6,11-12,18H,7-10H2,(H,24,25). The quantitative estimate of drug-likeness (QED) is 0.907. The van der Waals surface area contributed by atoms with E-state index in [0.717, 1.165) is 12.1 Å². The van der Waals surface area contributed by atoms with Crippen molar-refractivity contribution in [1.29, 1.82) is 0 Å². The SMILES string of the molecule is O=C(O)C1CCN(C(c2ccccc2F)c2ccc(F)cc2F)CC1. The third-order valence-corrected chi connectivity index (χ3v) is 4.70. The van der Waals surface area contributed by atoms with Crippen molar-refractivity contribution in [1.82, 2.24) is 4.90 Å². The van der Waals surface area contributed by atoms with Crippen molar-refractivity contribution in [2.45, 2.75) is 18.9 Å². The van der Waals surface area contributed by atoms with Crippen molar-refractivity contribution in [3.8, 4) is 0 Å². The van der Waals surface area contributed by atoms with Gasteiger partial charge in [-0.3, -0.25) is 9.69 Å². The summed E-state index contributed by atoms with van der Waals surface area (Å²) >= 11 is 0. The molecule has 3 nitrogen and oxygen atoms in total. The average Bonchev–Trinajstić information content (AvgIpc) is 2.59. The molecule has 1 atom stereocenters. The molecule has 25 heavy (non-hydrogen) atoms. The molecule has 132 valence electrons. The molecule has 2 aromatic rings. The van der Waals surface area contributed by atoms with Crippen molar-refractivity contribution < 1.29 is 23.1 Å². The lowest BCUT2D eigenvalue weighted by Crippen LogP contribution is -2.39. The molecule has 0 radical (unpaired) electrons. The highest BCUT2D eigenvalue weighted by molar-refractivity contribution is 5.70. The molecule has 1 heterocycles. The van der Waals surface area contributed by atoms with E-state index in [1.807, 2.05) is 4.90 Å². The van der Waals surface area contributed by atoms with Crippen molar-refractivity contribution in [3.05, 3.63) is 71.0 Å². The third kappa shape index (κ3) is 3.69. The predicted octanol–water partition coefficient (Wildman–Crippen LogP) is 3.99. The number of carbonyl (C=O) groups is 1. The van der Waals surface area contributed by atoms with E-state index in [4.69, 9.17) is 5.11 Å². The molecule has 1 fully saturated rings. The number of rotatable bonds is 4. The summed E-state index contributed by atoms with van der Waals surface area (Å²) in [6.07, 6.45) is 0.812. The number of benzene rings is 2. The van der Waals surface area contributed by atoms with E-state index in [-0.39, 0.29) is 5.56 Å². The van der Waals surface area contributed by atoms with Crippen LogP contribution in [0.3, 0.4) is 0 Å². The molecule has 3 rings (SSSR count).